The molecule has 0 aliphatic rings. The summed E-state index contributed by atoms with van der Waals surface area (Å²) in [7, 11) is 0. The quantitative estimate of drug-likeness (QED) is 0.163. The molecule has 1 heterocycles. The maximum Gasteiger partial charge on any atom is 0.0540 e. The maximum absolute atomic E-state index is 2.42. The first-order chi connectivity index (χ1) is 26.7. The van der Waals surface area contributed by atoms with Gasteiger partial charge in [0.2, 0.25) is 0 Å². The molecule has 3 heteroatoms. The average molecular weight is 709 g/mol. The van der Waals surface area contributed by atoms with E-state index in [1.807, 2.05) is 11.3 Å². The van der Waals surface area contributed by atoms with E-state index in [9.17, 15) is 0 Å². The minimum Gasteiger partial charge on any atom is -0.310 e. The van der Waals surface area contributed by atoms with E-state index in [1.54, 1.807) is 0 Å². The molecule has 0 saturated carbocycles. The largest absolute Gasteiger partial charge is 0.310 e. The Labute approximate surface area is 319 Å². The third kappa shape index (κ3) is 5.58. The lowest BCUT2D eigenvalue weighted by atomic mass is 9.97. The summed E-state index contributed by atoms with van der Waals surface area (Å²) >= 11 is 1.88. The number of para-hydroxylation sites is 2. The minimum atomic E-state index is 1.08. The van der Waals surface area contributed by atoms with Crippen LogP contribution in [0.15, 0.2) is 200 Å². The Bertz CT molecular complexity index is 2810. The van der Waals surface area contributed by atoms with Crippen LogP contribution in [-0.4, -0.2) is 0 Å². The van der Waals surface area contributed by atoms with Crippen LogP contribution >= 0.6 is 11.3 Å². The van der Waals surface area contributed by atoms with Gasteiger partial charge in [-0.2, -0.15) is 0 Å². The topological polar surface area (TPSA) is 6.48 Å². The highest BCUT2D eigenvalue weighted by Crippen LogP contribution is 2.47. The summed E-state index contributed by atoms with van der Waals surface area (Å²) in [6.07, 6.45) is 0. The molecule has 0 aliphatic heterocycles. The van der Waals surface area contributed by atoms with Crippen molar-refractivity contribution in [2.45, 2.75) is 6.92 Å². The van der Waals surface area contributed by atoms with Gasteiger partial charge in [0, 0.05) is 53.7 Å². The van der Waals surface area contributed by atoms with Crippen LogP contribution in [0.2, 0.25) is 0 Å². The van der Waals surface area contributed by atoms with Gasteiger partial charge in [-0.3, -0.25) is 0 Å². The number of anilines is 6. The van der Waals surface area contributed by atoms with Gasteiger partial charge in [0.1, 0.15) is 0 Å². The van der Waals surface area contributed by atoms with E-state index >= 15 is 0 Å². The molecule has 0 fully saturated rings. The van der Waals surface area contributed by atoms with Crippen molar-refractivity contribution < 1.29 is 0 Å². The van der Waals surface area contributed by atoms with Crippen LogP contribution in [0.25, 0.3) is 52.8 Å². The second-order valence-electron chi connectivity index (χ2n) is 13.8. The molecule has 10 aromatic rings. The normalized spacial score (nSPS) is 11.4. The fraction of sp³-hybridized carbons (Fsp3) is 0.0196. The monoisotopic (exact) mass is 708 g/mol. The first-order valence-electron chi connectivity index (χ1n) is 18.4. The van der Waals surface area contributed by atoms with E-state index in [-0.39, 0.29) is 0 Å². The Morgan fingerprint density at radius 3 is 1.39 bits per heavy atom. The highest BCUT2D eigenvalue weighted by Gasteiger charge is 2.22. The molecule has 0 bridgehead atoms. The zero-order chi connectivity index (χ0) is 36.0. The van der Waals surface area contributed by atoms with E-state index in [4.69, 9.17) is 0 Å². The van der Waals surface area contributed by atoms with E-state index in [1.165, 1.54) is 52.8 Å². The fourth-order valence-corrected chi connectivity index (χ4v) is 9.29. The van der Waals surface area contributed by atoms with Gasteiger partial charge in [-0.25, -0.2) is 0 Å². The first-order valence-corrected chi connectivity index (χ1v) is 19.2. The number of aryl methyl sites for hydroxylation is 1. The number of fused-ring (bicyclic) bond motifs is 5. The summed E-state index contributed by atoms with van der Waals surface area (Å²) in [4.78, 5) is 4.85. The Hall–Kier alpha value is -6.68. The van der Waals surface area contributed by atoms with Gasteiger partial charge in [-0.05, 0) is 101 Å². The van der Waals surface area contributed by atoms with Crippen LogP contribution in [0.4, 0.5) is 34.1 Å². The number of nitrogens with zero attached hydrogens (tertiary/aromatic N) is 2. The lowest BCUT2D eigenvalue weighted by Gasteiger charge is -2.31. The molecule has 0 radical (unpaired) electrons. The molecular weight excluding hydrogens is 673 g/mol. The number of benzene rings is 9. The van der Waals surface area contributed by atoms with Crippen LogP contribution in [-0.2, 0) is 0 Å². The van der Waals surface area contributed by atoms with Gasteiger partial charge < -0.3 is 9.80 Å². The number of rotatable bonds is 7. The molecule has 0 aliphatic carbocycles. The van der Waals surface area contributed by atoms with Gasteiger partial charge in [0.15, 0.2) is 0 Å². The Kier molecular flexibility index (Phi) is 7.93. The highest BCUT2D eigenvalue weighted by molar-refractivity contribution is 7.25. The average Bonchev–Trinajstić information content (AvgIpc) is 3.61. The SMILES string of the molecule is Cc1cc(-c2cc(N(c3ccccc3)c3cccc4ccccc34)cc(N(c3ccccc3)c3cccc4ccccc34)c2)cc2sc3ccccc3c12. The second kappa shape index (κ2) is 13.4. The molecule has 0 N–H and O–H groups in total. The van der Waals surface area contributed by atoms with Crippen molar-refractivity contribution in [1.82, 2.24) is 0 Å². The molecule has 54 heavy (non-hydrogen) atoms. The summed E-state index contributed by atoms with van der Waals surface area (Å²) in [6, 6.07) is 72.8. The van der Waals surface area contributed by atoms with Crippen molar-refractivity contribution in [3.63, 3.8) is 0 Å². The molecule has 9 aromatic carbocycles. The van der Waals surface area contributed by atoms with Crippen molar-refractivity contribution in [1.29, 1.82) is 0 Å². The number of hydrogen-bond donors (Lipinski definition) is 0. The summed E-state index contributed by atoms with van der Waals surface area (Å²) in [6.45, 7) is 2.26. The molecule has 0 spiro atoms. The Morgan fingerprint density at radius 2 is 0.815 bits per heavy atom. The lowest BCUT2D eigenvalue weighted by molar-refractivity contribution is 1.26. The van der Waals surface area contributed by atoms with Crippen molar-refractivity contribution in [2.75, 3.05) is 9.80 Å². The summed E-state index contributed by atoms with van der Waals surface area (Å²) < 4.78 is 2.63. The Balaban J connectivity index is 1.29. The van der Waals surface area contributed by atoms with Crippen LogP contribution in [0, 0.1) is 6.92 Å². The van der Waals surface area contributed by atoms with Crippen molar-refractivity contribution in [2.24, 2.45) is 0 Å². The molecule has 0 atom stereocenters. The highest BCUT2D eigenvalue weighted by atomic mass is 32.1. The second-order valence-corrected chi connectivity index (χ2v) is 14.9. The van der Waals surface area contributed by atoms with Crippen LogP contribution in [0.3, 0.4) is 0 Å². The van der Waals surface area contributed by atoms with Crippen molar-refractivity contribution in [3.05, 3.63) is 206 Å². The maximum atomic E-state index is 2.42. The standard InChI is InChI=1S/C51H36N2S/c1-35-30-38(33-50-51(35)46-26-12-13-29-49(46)54-50)39-31-42(52(40-20-4-2-5-21-40)47-27-14-18-36-16-8-10-24-44(36)47)34-43(32-39)53(41-22-6-3-7-23-41)48-28-15-19-37-17-9-11-25-45(37)48/h2-34H,1H3. The van der Waals surface area contributed by atoms with E-state index < -0.39 is 0 Å². The molecule has 0 saturated heterocycles. The van der Waals surface area contributed by atoms with Gasteiger partial charge in [0.25, 0.3) is 0 Å². The summed E-state index contributed by atoms with van der Waals surface area (Å²) in [5.41, 5.74) is 10.3. The van der Waals surface area contributed by atoms with Gasteiger partial charge in [-0.15, -0.1) is 11.3 Å². The van der Waals surface area contributed by atoms with E-state index in [0.29, 0.717) is 0 Å². The lowest BCUT2D eigenvalue weighted by Crippen LogP contribution is -2.14. The molecule has 256 valence electrons. The molecular formula is C51H36N2S. The molecule has 1 aromatic heterocycles. The van der Waals surface area contributed by atoms with Crippen LogP contribution in [0.1, 0.15) is 5.56 Å². The third-order valence-electron chi connectivity index (χ3n) is 10.5. The van der Waals surface area contributed by atoms with Crippen LogP contribution in [0.5, 0.6) is 0 Å². The summed E-state index contributed by atoms with van der Waals surface area (Å²) in [5, 5.41) is 7.49. The zero-order valence-corrected chi connectivity index (χ0v) is 30.7. The van der Waals surface area contributed by atoms with Gasteiger partial charge in [-0.1, -0.05) is 133 Å². The van der Waals surface area contributed by atoms with Crippen molar-refractivity contribution >= 4 is 87.2 Å². The summed E-state index contributed by atoms with van der Waals surface area (Å²) in [5.74, 6) is 0. The number of thiophene rings is 1. The first kappa shape index (κ1) is 32.0. The molecule has 0 unspecified atom stereocenters. The number of hydrogen-bond acceptors (Lipinski definition) is 3. The fourth-order valence-electron chi connectivity index (χ4n) is 8.06. The van der Waals surface area contributed by atoms with Gasteiger partial charge in [0.05, 0.1) is 11.4 Å². The molecule has 0 amide bonds. The molecule has 10 rings (SSSR count). The smallest absolute Gasteiger partial charge is 0.0540 e. The Morgan fingerprint density at radius 1 is 0.352 bits per heavy atom. The third-order valence-corrected chi connectivity index (χ3v) is 11.6. The predicted molar refractivity (Wildman–Crippen MR) is 234 cm³/mol. The van der Waals surface area contributed by atoms with Gasteiger partial charge >= 0.3 is 0 Å². The minimum absolute atomic E-state index is 1.08. The molecule has 2 nitrogen and oxygen atoms in total. The van der Waals surface area contributed by atoms with Crippen LogP contribution < -0.4 is 9.80 Å². The van der Waals surface area contributed by atoms with Crippen molar-refractivity contribution in [3.8, 4) is 11.1 Å². The van der Waals surface area contributed by atoms with E-state index in [0.717, 1.165) is 39.7 Å². The zero-order valence-electron chi connectivity index (χ0n) is 29.9. The predicted octanol–water partition coefficient (Wildman–Crippen LogP) is 15.3. The van der Waals surface area contributed by atoms with E-state index in [2.05, 4.69) is 217 Å².